The first-order valence-corrected chi connectivity index (χ1v) is 6.49. The minimum absolute atomic E-state index is 0.0347. The van der Waals surface area contributed by atoms with E-state index < -0.39 is 11.9 Å². The van der Waals surface area contributed by atoms with E-state index in [2.05, 4.69) is 16.8 Å². The SMILES string of the molecule is C=CCN(CC(=O)OCC)C(=O)c1cc(Cl)nnc1Cl. The summed E-state index contributed by atoms with van der Waals surface area (Å²) in [6.07, 6.45) is 1.49. The number of nitrogens with zero attached hydrogens (tertiary/aromatic N) is 3. The van der Waals surface area contributed by atoms with E-state index in [0.29, 0.717) is 0 Å². The van der Waals surface area contributed by atoms with Gasteiger partial charge in [-0.2, -0.15) is 0 Å². The van der Waals surface area contributed by atoms with E-state index >= 15 is 0 Å². The maximum absolute atomic E-state index is 12.3. The molecule has 0 fully saturated rings. The van der Waals surface area contributed by atoms with Gasteiger partial charge in [0.15, 0.2) is 10.3 Å². The molecule has 1 rings (SSSR count). The first-order valence-electron chi connectivity index (χ1n) is 5.74. The summed E-state index contributed by atoms with van der Waals surface area (Å²) in [5.74, 6) is -1.02. The van der Waals surface area contributed by atoms with Crippen molar-refractivity contribution in [3.8, 4) is 0 Å². The van der Waals surface area contributed by atoms with Crippen LogP contribution in [-0.2, 0) is 9.53 Å². The van der Waals surface area contributed by atoms with Crippen molar-refractivity contribution >= 4 is 35.1 Å². The highest BCUT2D eigenvalue weighted by Crippen LogP contribution is 2.17. The second kappa shape index (κ2) is 7.81. The Labute approximate surface area is 126 Å². The molecule has 0 saturated heterocycles. The summed E-state index contributed by atoms with van der Waals surface area (Å²) in [4.78, 5) is 25.0. The molecule has 0 bridgehead atoms. The van der Waals surface area contributed by atoms with E-state index in [0.717, 1.165) is 0 Å². The molecule has 8 heteroatoms. The van der Waals surface area contributed by atoms with Crippen LogP contribution in [0.15, 0.2) is 18.7 Å². The number of hydrogen-bond acceptors (Lipinski definition) is 5. The van der Waals surface area contributed by atoms with Crippen molar-refractivity contribution in [1.29, 1.82) is 0 Å². The normalized spacial score (nSPS) is 9.95. The van der Waals surface area contributed by atoms with Gasteiger partial charge in [0.1, 0.15) is 6.54 Å². The Bertz CT molecular complexity index is 523. The van der Waals surface area contributed by atoms with Gasteiger partial charge in [0.05, 0.1) is 12.2 Å². The first-order chi connectivity index (χ1) is 9.49. The van der Waals surface area contributed by atoms with Crippen molar-refractivity contribution in [3.63, 3.8) is 0 Å². The molecule has 1 aromatic heterocycles. The Kier molecular flexibility index (Phi) is 6.41. The van der Waals surface area contributed by atoms with E-state index in [4.69, 9.17) is 27.9 Å². The quantitative estimate of drug-likeness (QED) is 0.592. The number of aromatic nitrogens is 2. The van der Waals surface area contributed by atoms with Gasteiger partial charge in [0.2, 0.25) is 0 Å². The van der Waals surface area contributed by atoms with E-state index in [1.54, 1.807) is 6.92 Å². The molecule has 0 unspecified atom stereocenters. The fourth-order valence-electron chi connectivity index (χ4n) is 1.41. The first kappa shape index (κ1) is 16.4. The molecule has 108 valence electrons. The van der Waals surface area contributed by atoms with Crippen LogP contribution in [0.25, 0.3) is 0 Å². The lowest BCUT2D eigenvalue weighted by atomic mass is 10.2. The average Bonchev–Trinajstić information content (AvgIpc) is 2.40. The summed E-state index contributed by atoms with van der Waals surface area (Å²) >= 11 is 11.5. The molecule has 0 aliphatic carbocycles. The van der Waals surface area contributed by atoms with Crippen LogP contribution < -0.4 is 0 Å². The van der Waals surface area contributed by atoms with Crippen molar-refractivity contribution in [2.75, 3.05) is 19.7 Å². The molecule has 0 spiro atoms. The molecule has 0 aliphatic heterocycles. The van der Waals surface area contributed by atoms with Crippen LogP contribution in [0.1, 0.15) is 17.3 Å². The molecule has 0 N–H and O–H groups in total. The van der Waals surface area contributed by atoms with E-state index in [-0.39, 0.29) is 35.6 Å². The van der Waals surface area contributed by atoms with Gasteiger partial charge in [-0.05, 0) is 13.0 Å². The predicted molar refractivity (Wildman–Crippen MR) is 74.8 cm³/mol. The van der Waals surface area contributed by atoms with Crippen LogP contribution in [0.4, 0.5) is 0 Å². The zero-order valence-electron chi connectivity index (χ0n) is 10.8. The number of esters is 1. The highest BCUT2D eigenvalue weighted by Gasteiger charge is 2.22. The Balaban J connectivity index is 2.95. The fourth-order valence-corrected chi connectivity index (χ4v) is 1.73. The van der Waals surface area contributed by atoms with Gasteiger partial charge < -0.3 is 9.64 Å². The molecule has 1 aromatic rings. The van der Waals surface area contributed by atoms with Crippen LogP contribution in [0, 0.1) is 0 Å². The van der Waals surface area contributed by atoms with Crippen molar-refractivity contribution in [3.05, 3.63) is 34.6 Å². The number of amides is 1. The minimum atomic E-state index is -0.521. The summed E-state index contributed by atoms with van der Waals surface area (Å²) in [7, 11) is 0. The van der Waals surface area contributed by atoms with Crippen molar-refractivity contribution in [2.24, 2.45) is 0 Å². The largest absolute Gasteiger partial charge is 0.465 e. The van der Waals surface area contributed by atoms with Crippen LogP contribution in [0.5, 0.6) is 0 Å². The molecule has 0 aliphatic rings. The fraction of sp³-hybridized carbons (Fsp3) is 0.333. The second-order valence-electron chi connectivity index (χ2n) is 3.65. The molecule has 6 nitrogen and oxygen atoms in total. The molecule has 1 heterocycles. The van der Waals surface area contributed by atoms with Gasteiger partial charge >= 0.3 is 5.97 Å². The second-order valence-corrected chi connectivity index (χ2v) is 4.40. The lowest BCUT2D eigenvalue weighted by Gasteiger charge is -2.20. The molecule has 0 radical (unpaired) electrons. The molecule has 1 amide bonds. The third-order valence-corrected chi connectivity index (χ3v) is 2.68. The summed E-state index contributed by atoms with van der Waals surface area (Å²) in [6, 6.07) is 1.29. The number of hydrogen-bond donors (Lipinski definition) is 0. The van der Waals surface area contributed by atoms with Gasteiger partial charge in [-0.25, -0.2) is 0 Å². The van der Waals surface area contributed by atoms with Gasteiger partial charge in [0, 0.05) is 6.54 Å². The number of halogens is 2. The summed E-state index contributed by atoms with van der Waals surface area (Å²) in [5, 5.41) is 7.02. The Morgan fingerprint density at radius 3 is 2.75 bits per heavy atom. The minimum Gasteiger partial charge on any atom is -0.465 e. The third-order valence-electron chi connectivity index (χ3n) is 2.21. The Hall–Kier alpha value is -1.66. The zero-order valence-corrected chi connectivity index (χ0v) is 12.3. The lowest BCUT2D eigenvalue weighted by Crippen LogP contribution is -2.37. The third kappa shape index (κ3) is 4.47. The molecular weight excluding hydrogens is 305 g/mol. The van der Waals surface area contributed by atoms with E-state index in [1.165, 1.54) is 17.0 Å². The van der Waals surface area contributed by atoms with Crippen LogP contribution in [-0.4, -0.2) is 46.7 Å². The molecular formula is C12H13Cl2N3O3. The summed E-state index contributed by atoms with van der Waals surface area (Å²) in [5.41, 5.74) is 0.0674. The standard InChI is InChI=1S/C12H13Cl2N3O3/c1-3-5-17(7-10(18)20-4-2)12(19)8-6-9(13)15-16-11(8)14/h3,6H,1,4-5,7H2,2H3. The molecule has 20 heavy (non-hydrogen) atoms. The van der Waals surface area contributed by atoms with E-state index in [9.17, 15) is 9.59 Å². The van der Waals surface area contributed by atoms with Crippen molar-refractivity contribution in [2.45, 2.75) is 6.92 Å². The van der Waals surface area contributed by atoms with Crippen LogP contribution >= 0.6 is 23.2 Å². The Morgan fingerprint density at radius 2 is 2.15 bits per heavy atom. The van der Waals surface area contributed by atoms with Gasteiger partial charge in [-0.3, -0.25) is 9.59 Å². The van der Waals surface area contributed by atoms with Crippen LogP contribution in [0.2, 0.25) is 10.3 Å². The van der Waals surface area contributed by atoms with E-state index in [1.807, 2.05) is 0 Å². The van der Waals surface area contributed by atoms with Gasteiger partial charge in [-0.1, -0.05) is 29.3 Å². The maximum Gasteiger partial charge on any atom is 0.325 e. The number of ether oxygens (including phenoxy) is 1. The topological polar surface area (TPSA) is 72.4 Å². The lowest BCUT2D eigenvalue weighted by molar-refractivity contribution is -0.143. The summed E-state index contributed by atoms with van der Waals surface area (Å²) in [6.45, 7) is 5.40. The smallest absolute Gasteiger partial charge is 0.325 e. The molecule has 0 atom stereocenters. The predicted octanol–water partition coefficient (Wildman–Crippen LogP) is 1.97. The molecule has 0 saturated carbocycles. The van der Waals surface area contributed by atoms with Crippen LogP contribution in [0.3, 0.4) is 0 Å². The zero-order chi connectivity index (χ0) is 15.1. The van der Waals surface area contributed by atoms with Gasteiger partial charge in [-0.15, -0.1) is 16.8 Å². The van der Waals surface area contributed by atoms with Gasteiger partial charge in [0.25, 0.3) is 5.91 Å². The Morgan fingerprint density at radius 1 is 1.45 bits per heavy atom. The number of carbonyl (C=O) groups excluding carboxylic acids is 2. The maximum atomic E-state index is 12.3. The highest BCUT2D eigenvalue weighted by atomic mass is 35.5. The monoisotopic (exact) mass is 317 g/mol. The average molecular weight is 318 g/mol. The molecule has 0 aromatic carbocycles. The van der Waals surface area contributed by atoms with Crippen molar-refractivity contribution < 1.29 is 14.3 Å². The number of rotatable bonds is 6. The summed E-state index contributed by atoms with van der Waals surface area (Å²) < 4.78 is 4.80. The van der Waals surface area contributed by atoms with Crippen molar-refractivity contribution in [1.82, 2.24) is 15.1 Å². The number of carbonyl (C=O) groups is 2. The highest BCUT2D eigenvalue weighted by molar-refractivity contribution is 6.34.